The highest BCUT2D eigenvalue weighted by Gasteiger charge is 2.40. The number of morpholine rings is 1. The molecule has 2 atom stereocenters. The molecule has 9 heteroatoms. The average Bonchev–Trinajstić information content (AvgIpc) is 3.42. The highest BCUT2D eigenvalue weighted by atomic mass is 127. The van der Waals surface area contributed by atoms with Gasteiger partial charge in [-0.05, 0) is 36.8 Å². The Labute approximate surface area is 206 Å². The van der Waals surface area contributed by atoms with E-state index < -0.39 is 0 Å². The Kier molecular flexibility index (Phi) is 9.24. The van der Waals surface area contributed by atoms with Gasteiger partial charge >= 0.3 is 0 Å². The molecule has 3 heterocycles. The second-order valence-corrected chi connectivity index (χ2v) is 9.65. The van der Waals surface area contributed by atoms with E-state index in [1.165, 1.54) is 23.6 Å². The molecule has 3 aliphatic rings. The molecular formula is C21H33ClIN5OS. The SMILES string of the molecule is CN=C(NCC1(N2CCOCC2)CCSC1)NC1CCN(c2cccc(Cl)c2)C1.I. The van der Waals surface area contributed by atoms with Gasteiger partial charge in [-0.25, -0.2) is 0 Å². The Morgan fingerprint density at radius 2 is 2.17 bits per heavy atom. The Morgan fingerprint density at radius 1 is 1.33 bits per heavy atom. The van der Waals surface area contributed by atoms with Crippen molar-refractivity contribution in [3.8, 4) is 0 Å². The number of rotatable bonds is 5. The molecule has 6 nitrogen and oxygen atoms in total. The van der Waals surface area contributed by atoms with Gasteiger partial charge in [0, 0.05) is 67.8 Å². The van der Waals surface area contributed by atoms with Crippen LogP contribution in [-0.2, 0) is 4.74 Å². The van der Waals surface area contributed by atoms with Gasteiger partial charge in [0.15, 0.2) is 5.96 Å². The summed E-state index contributed by atoms with van der Waals surface area (Å²) in [6.45, 7) is 6.69. The molecule has 0 bridgehead atoms. The number of hydrogen-bond acceptors (Lipinski definition) is 5. The third-order valence-electron chi connectivity index (χ3n) is 6.28. The lowest BCUT2D eigenvalue weighted by Crippen LogP contribution is -2.60. The number of aliphatic imine (C=N–C) groups is 1. The van der Waals surface area contributed by atoms with Gasteiger partial charge in [0.2, 0.25) is 0 Å². The summed E-state index contributed by atoms with van der Waals surface area (Å²) in [5.74, 6) is 3.33. The van der Waals surface area contributed by atoms with E-state index in [4.69, 9.17) is 16.3 Å². The molecule has 2 unspecified atom stereocenters. The van der Waals surface area contributed by atoms with Crippen LogP contribution in [0.3, 0.4) is 0 Å². The number of benzene rings is 1. The van der Waals surface area contributed by atoms with E-state index in [1.54, 1.807) is 0 Å². The van der Waals surface area contributed by atoms with Gasteiger partial charge in [-0.2, -0.15) is 11.8 Å². The smallest absolute Gasteiger partial charge is 0.191 e. The molecule has 30 heavy (non-hydrogen) atoms. The first kappa shape index (κ1) is 24.2. The maximum atomic E-state index is 6.16. The summed E-state index contributed by atoms with van der Waals surface area (Å²) in [6, 6.07) is 8.50. The van der Waals surface area contributed by atoms with Crippen molar-refractivity contribution in [3.05, 3.63) is 29.3 Å². The molecule has 0 spiro atoms. The van der Waals surface area contributed by atoms with Crippen LogP contribution in [0.2, 0.25) is 5.02 Å². The minimum atomic E-state index is 0. The molecule has 0 saturated carbocycles. The predicted molar refractivity (Wildman–Crippen MR) is 139 cm³/mol. The molecule has 2 N–H and O–H groups in total. The Balaban J connectivity index is 0.00000256. The normalized spacial score (nSPS) is 27.7. The van der Waals surface area contributed by atoms with Crippen LogP contribution in [0, 0.1) is 0 Å². The molecule has 1 aromatic rings. The maximum Gasteiger partial charge on any atom is 0.191 e. The van der Waals surface area contributed by atoms with E-state index in [0.29, 0.717) is 6.04 Å². The van der Waals surface area contributed by atoms with Gasteiger partial charge < -0.3 is 20.3 Å². The molecule has 3 aliphatic heterocycles. The first-order valence-corrected chi connectivity index (χ1v) is 12.1. The number of guanidine groups is 1. The minimum absolute atomic E-state index is 0. The van der Waals surface area contributed by atoms with Gasteiger partial charge in [0.25, 0.3) is 0 Å². The highest BCUT2D eigenvalue weighted by Crippen LogP contribution is 2.33. The molecule has 0 aromatic heterocycles. The Hall–Kier alpha value is -0.420. The molecular weight excluding hydrogens is 533 g/mol. The van der Waals surface area contributed by atoms with Gasteiger partial charge in [0.05, 0.1) is 13.2 Å². The molecule has 168 valence electrons. The number of ether oxygens (including phenoxy) is 1. The van der Waals surface area contributed by atoms with Gasteiger partial charge in [0.1, 0.15) is 0 Å². The summed E-state index contributed by atoms with van der Waals surface area (Å²) in [5, 5.41) is 8.07. The zero-order valence-electron chi connectivity index (χ0n) is 17.6. The predicted octanol–water partition coefficient (Wildman–Crippen LogP) is 2.91. The van der Waals surface area contributed by atoms with Crippen molar-refractivity contribution < 1.29 is 4.74 Å². The lowest BCUT2D eigenvalue weighted by Gasteiger charge is -2.43. The van der Waals surface area contributed by atoms with Gasteiger partial charge in [-0.15, -0.1) is 24.0 Å². The van der Waals surface area contributed by atoms with Crippen molar-refractivity contribution in [3.63, 3.8) is 0 Å². The van der Waals surface area contributed by atoms with Crippen LogP contribution in [0.1, 0.15) is 12.8 Å². The van der Waals surface area contributed by atoms with E-state index in [1.807, 2.05) is 25.2 Å². The largest absolute Gasteiger partial charge is 0.379 e. The van der Waals surface area contributed by atoms with E-state index in [-0.39, 0.29) is 29.5 Å². The summed E-state index contributed by atoms with van der Waals surface area (Å²) in [6.07, 6.45) is 2.32. The van der Waals surface area contributed by atoms with Crippen molar-refractivity contribution >= 4 is 59.0 Å². The van der Waals surface area contributed by atoms with Crippen LogP contribution in [-0.4, -0.2) is 86.9 Å². The summed E-state index contributed by atoms with van der Waals surface area (Å²) < 4.78 is 5.58. The number of thioether (sulfide) groups is 1. The molecule has 4 rings (SSSR count). The van der Waals surface area contributed by atoms with E-state index in [0.717, 1.165) is 63.3 Å². The van der Waals surface area contributed by atoms with Crippen molar-refractivity contribution in [2.45, 2.75) is 24.4 Å². The van der Waals surface area contributed by atoms with Crippen LogP contribution in [0.15, 0.2) is 29.3 Å². The first-order chi connectivity index (χ1) is 14.2. The molecule has 3 saturated heterocycles. The lowest BCUT2D eigenvalue weighted by molar-refractivity contribution is -0.0120. The topological polar surface area (TPSA) is 52.1 Å². The van der Waals surface area contributed by atoms with E-state index in [2.05, 4.69) is 43.3 Å². The number of nitrogens with one attached hydrogen (secondary N) is 2. The Morgan fingerprint density at radius 3 is 2.87 bits per heavy atom. The van der Waals surface area contributed by atoms with Crippen LogP contribution in [0.4, 0.5) is 5.69 Å². The number of anilines is 1. The minimum Gasteiger partial charge on any atom is -0.379 e. The third kappa shape index (κ3) is 5.88. The fourth-order valence-electron chi connectivity index (χ4n) is 4.56. The highest BCUT2D eigenvalue weighted by molar-refractivity contribution is 14.0. The number of nitrogens with zero attached hydrogens (tertiary/aromatic N) is 3. The second kappa shape index (κ2) is 11.4. The molecule has 1 aromatic carbocycles. The first-order valence-electron chi connectivity index (χ1n) is 10.6. The fraction of sp³-hybridized carbons (Fsp3) is 0.667. The average molecular weight is 566 g/mol. The molecule has 0 radical (unpaired) electrons. The monoisotopic (exact) mass is 565 g/mol. The quantitative estimate of drug-likeness (QED) is 0.325. The molecule has 0 amide bonds. The van der Waals surface area contributed by atoms with Crippen molar-refractivity contribution in [1.82, 2.24) is 15.5 Å². The Bertz CT molecular complexity index is 712. The van der Waals surface area contributed by atoms with Crippen LogP contribution in [0.25, 0.3) is 0 Å². The standard InChI is InChI=1S/C21H32ClN5OS.HI/c1-23-20(24-15-21(6-12-29-16-21)27-8-10-28-11-9-27)25-18-5-7-26(14-18)19-4-2-3-17(22)13-19;/h2-4,13,18H,5-12,14-16H2,1H3,(H2,23,24,25);1H. The number of halogens is 2. The van der Waals surface area contributed by atoms with E-state index >= 15 is 0 Å². The van der Waals surface area contributed by atoms with Crippen LogP contribution < -0.4 is 15.5 Å². The zero-order chi connectivity index (χ0) is 20.1. The summed E-state index contributed by atoms with van der Waals surface area (Å²) in [4.78, 5) is 9.53. The van der Waals surface area contributed by atoms with Crippen LogP contribution in [0.5, 0.6) is 0 Å². The van der Waals surface area contributed by atoms with Crippen molar-refractivity contribution in [2.75, 3.05) is 69.4 Å². The lowest BCUT2D eigenvalue weighted by atomic mass is 9.95. The van der Waals surface area contributed by atoms with Crippen molar-refractivity contribution in [2.24, 2.45) is 4.99 Å². The summed E-state index contributed by atoms with van der Waals surface area (Å²) in [5.41, 5.74) is 1.41. The van der Waals surface area contributed by atoms with Crippen molar-refractivity contribution in [1.29, 1.82) is 0 Å². The summed E-state index contributed by atoms with van der Waals surface area (Å²) >= 11 is 8.23. The fourth-order valence-corrected chi connectivity index (χ4v) is 6.22. The van der Waals surface area contributed by atoms with Gasteiger partial charge in [-0.3, -0.25) is 9.89 Å². The van der Waals surface area contributed by atoms with Gasteiger partial charge in [-0.1, -0.05) is 17.7 Å². The molecule has 0 aliphatic carbocycles. The third-order valence-corrected chi connectivity index (χ3v) is 7.74. The summed E-state index contributed by atoms with van der Waals surface area (Å²) in [7, 11) is 1.86. The zero-order valence-corrected chi connectivity index (χ0v) is 21.5. The van der Waals surface area contributed by atoms with E-state index in [9.17, 15) is 0 Å². The molecule has 3 fully saturated rings. The maximum absolute atomic E-state index is 6.16. The number of hydrogen-bond donors (Lipinski definition) is 2. The second-order valence-electron chi connectivity index (χ2n) is 8.11. The van der Waals surface area contributed by atoms with Crippen LogP contribution >= 0.6 is 47.3 Å².